The fraction of sp³-hybridized carbons (Fsp3) is 0.250. The van der Waals surface area contributed by atoms with Crippen LogP contribution in [0.2, 0.25) is 0 Å². The van der Waals surface area contributed by atoms with Gasteiger partial charge in [-0.25, -0.2) is 4.39 Å². The van der Waals surface area contributed by atoms with Crippen LogP contribution in [0, 0.1) is 5.82 Å². The van der Waals surface area contributed by atoms with Gasteiger partial charge in [-0.2, -0.15) is 0 Å². The Bertz CT molecular complexity index is 632. The first-order valence-corrected chi connectivity index (χ1v) is 7.40. The van der Waals surface area contributed by atoms with Crippen molar-refractivity contribution in [3.05, 3.63) is 63.9 Å². The molecule has 0 saturated carbocycles. The molecule has 0 saturated heterocycles. The molecule has 1 unspecified atom stereocenters. The molecule has 104 valence electrons. The molecule has 2 aromatic carbocycles. The first-order chi connectivity index (χ1) is 9.65. The van der Waals surface area contributed by atoms with Crippen LogP contribution in [0.25, 0.3) is 0 Å². The van der Waals surface area contributed by atoms with Crippen molar-refractivity contribution in [3.8, 4) is 0 Å². The molecule has 1 aliphatic rings. The van der Waals surface area contributed by atoms with Crippen molar-refractivity contribution in [2.75, 3.05) is 11.4 Å². The Labute approximate surface area is 126 Å². The average molecular weight is 336 g/mol. The van der Waals surface area contributed by atoms with E-state index < -0.39 is 0 Å². The third-order valence-corrected chi connectivity index (χ3v) is 4.42. The van der Waals surface area contributed by atoms with Crippen molar-refractivity contribution in [2.45, 2.75) is 19.1 Å². The van der Waals surface area contributed by atoms with Crippen LogP contribution in [0.3, 0.4) is 0 Å². The summed E-state index contributed by atoms with van der Waals surface area (Å²) in [4.78, 5) is 2.22. The number of para-hydroxylation sites is 1. The SMILES string of the molecule is OC1CCN(Cc2ccc(F)cc2Br)c2ccccc21. The van der Waals surface area contributed by atoms with Crippen molar-refractivity contribution in [3.63, 3.8) is 0 Å². The van der Waals surface area contributed by atoms with Gasteiger partial charge in [0.05, 0.1) is 6.10 Å². The normalized spacial score (nSPS) is 17.9. The number of benzene rings is 2. The lowest BCUT2D eigenvalue weighted by Gasteiger charge is -2.34. The van der Waals surface area contributed by atoms with E-state index >= 15 is 0 Å². The van der Waals surface area contributed by atoms with Crippen molar-refractivity contribution >= 4 is 21.6 Å². The second-order valence-electron chi connectivity index (χ2n) is 5.02. The molecule has 2 nitrogen and oxygen atoms in total. The summed E-state index contributed by atoms with van der Waals surface area (Å²) in [5.74, 6) is -0.241. The van der Waals surface area contributed by atoms with E-state index in [9.17, 15) is 9.50 Å². The van der Waals surface area contributed by atoms with Gasteiger partial charge in [0, 0.05) is 28.8 Å². The van der Waals surface area contributed by atoms with Crippen LogP contribution in [0.4, 0.5) is 10.1 Å². The van der Waals surface area contributed by atoms with Crippen LogP contribution < -0.4 is 4.90 Å². The fourth-order valence-electron chi connectivity index (χ4n) is 2.63. The Kier molecular flexibility index (Phi) is 3.76. The third kappa shape index (κ3) is 2.58. The highest BCUT2D eigenvalue weighted by Crippen LogP contribution is 2.35. The maximum Gasteiger partial charge on any atom is 0.124 e. The second kappa shape index (κ2) is 5.54. The molecule has 1 N–H and O–H groups in total. The van der Waals surface area contributed by atoms with E-state index in [1.165, 1.54) is 12.1 Å². The molecule has 3 rings (SSSR count). The smallest absolute Gasteiger partial charge is 0.124 e. The zero-order valence-corrected chi connectivity index (χ0v) is 12.5. The summed E-state index contributed by atoms with van der Waals surface area (Å²) in [5.41, 5.74) is 3.07. The van der Waals surface area contributed by atoms with E-state index in [4.69, 9.17) is 0 Å². The summed E-state index contributed by atoms with van der Waals surface area (Å²) in [7, 11) is 0. The molecule has 0 aliphatic carbocycles. The minimum absolute atomic E-state index is 0.241. The Hall–Kier alpha value is -1.39. The number of nitrogens with zero attached hydrogens (tertiary/aromatic N) is 1. The van der Waals surface area contributed by atoms with Gasteiger partial charge in [-0.05, 0) is 30.2 Å². The number of aliphatic hydroxyl groups excluding tert-OH is 1. The van der Waals surface area contributed by atoms with Crippen LogP contribution in [-0.4, -0.2) is 11.7 Å². The molecule has 1 atom stereocenters. The predicted octanol–water partition coefficient (Wildman–Crippen LogP) is 4.03. The maximum absolute atomic E-state index is 13.1. The average Bonchev–Trinajstić information content (AvgIpc) is 2.45. The minimum Gasteiger partial charge on any atom is -0.388 e. The number of hydrogen-bond donors (Lipinski definition) is 1. The van der Waals surface area contributed by atoms with Gasteiger partial charge >= 0.3 is 0 Å². The van der Waals surface area contributed by atoms with E-state index in [2.05, 4.69) is 20.8 Å². The summed E-state index contributed by atoms with van der Waals surface area (Å²) >= 11 is 3.41. The van der Waals surface area contributed by atoms with Gasteiger partial charge in [-0.3, -0.25) is 0 Å². The third-order valence-electron chi connectivity index (χ3n) is 3.69. The Morgan fingerprint density at radius 2 is 2.05 bits per heavy atom. The molecular weight excluding hydrogens is 321 g/mol. The molecule has 0 spiro atoms. The lowest BCUT2D eigenvalue weighted by Crippen LogP contribution is -2.30. The van der Waals surface area contributed by atoms with Crippen molar-refractivity contribution < 1.29 is 9.50 Å². The van der Waals surface area contributed by atoms with Gasteiger partial charge in [0.1, 0.15) is 5.82 Å². The van der Waals surface area contributed by atoms with Gasteiger partial charge in [0.2, 0.25) is 0 Å². The Morgan fingerprint density at radius 3 is 2.85 bits per heavy atom. The quantitative estimate of drug-likeness (QED) is 0.895. The largest absolute Gasteiger partial charge is 0.388 e. The molecular formula is C16H15BrFNO. The number of fused-ring (bicyclic) bond motifs is 1. The standard InChI is InChI=1S/C16H15BrFNO/c17-14-9-12(18)6-5-11(14)10-19-8-7-16(20)13-3-1-2-4-15(13)19/h1-6,9,16,20H,7-8,10H2. The van der Waals surface area contributed by atoms with Crippen molar-refractivity contribution in [1.29, 1.82) is 0 Å². The van der Waals surface area contributed by atoms with Crippen LogP contribution in [-0.2, 0) is 6.54 Å². The summed E-state index contributed by atoms with van der Waals surface area (Å²) in [6.45, 7) is 1.49. The molecule has 0 radical (unpaired) electrons. The first kappa shape index (κ1) is 13.6. The zero-order valence-electron chi connectivity index (χ0n) is 10.9. The van der Waals surface area contributed by atoms with Gasteiger partial charge in [-0.15, -0.1) is 0 Å². The maximum atomic E-state index is 13.1. The van der Waals surface area contributed by atoms with Crippen LogP contribution >= 0.6 is 15.9 Å². The van der Waals surface area contributed by atoms with E-state index in [1.54, 1.807) is 6.07 Å². The summed E-state index contributed by atoms with van der Waals surface area (Å²) in [5, 5.41) is 10.1. The lowest BCUT2D eigenvalue weighted by molar-refractivity contribution is 0.164. The monoisotopic (exact) mass is 335 g/mol. The Balaban J connectivity index is 1.90. The molecule has 1 aliphatic heterocycles. The minimum atomic E-state index is -0.390. The molecule has 0 aromatic heterocycles. The van der Waals surface area contributed by atoms with Crippen LogP contribution in [0.5, 0.6) is 0 Å². The van der Waals surface area contributed by atoms with Crippen molar-refractivity contribution in [1.82, 2.24) is 0 Å². The zero-order chi connectivity index (χ0) is 14.1. The Morgan fingerprint density at radius 1 is 1.25 bits per heavy atom. The summed E-state index contributed by atoms with van der Waals surface area (Å²) in [6.07, 6.45) is 0.328. The molecule has 4 heteroatoms. The van der Waals surface area contributed by atoms with Gasteiger partial charge < -0.3 is 10.0 Å². The van der Waals surface area contributed by atoms with Crippen LogP contribution in [0.1, 0.15) is 23.7 Å². The number of halogens is 2. The number of anilines is 1. The van der Waals surface area contributed by atoms with E-state index in [-0.39, 0.29) is 11.9 Å². The highest BCUT2D eigenvalue weighted by Gasteiger charge is 2.23. The summed E-state index contributed by atoms with van der Waals surface area (Å²) in [6, 6.07) is 12.7. The van der Waals surface area contributed by atoms with Crippen LogP contribution in [0.15, 0.2) is 46.9 Å². The second-order valence-corrected chi connectivity index (χ2v) is 5.87. The molecule has 2 aromatic rings. The van der Waals surface area contributed by atoms with Gasteiger partial charge in [0.15, 0.2) is 0 Å². The van der Waals surface area contributed by atoms with E-state index in [0.29, 0.717) is 6.54 Å². The number of hydrogen-bond acceptors (Lipinski definition) is 2. The molecule has 0 amide bonds. The van der Waals surface area contributed by atoms with Gasteiger partial charge in [0.25, 0.3) is 0 Å². The summed E-state index contributed by atoms with van der Waals surface area (Å²) < 4.78 is 13.9. The van der Waals surface area contributed by atoms with E-state index in [0.717, 1.165) is 34.3 Å². The molecule has 0 fully saturated rings. The molecule has 0 bridgehead atoms. The highest BCUT2D eigenvalue weighted by atomic mass is 79.9. The van der Waals surface area contributed by atoms with Gasteiger partial charge in [-0.1, -0.05) is 40.2 Å². The highest BCUT2D eigenvalue weighted by molar-refractivity contribution is 9.10. The number of aliphatic hydroxyl groups is 1. The topological polar surface area (TPSA) is 23.5 Å². The lowest BCUT2D eigenvalue weighted by atomic mass is 9.98. The predicted molar refractivity (Wildman–Crippen MR) is 81.2 cm³/mol. The first-order valence-electron chi connectivity index (χ1n) is 6.61. The molecule has 1 heterocycles. The molecule has 20 heavy (non-hydrogen) atoms. The number of rotatable bonds is 2. The van der Waals surface area contributed by atoms with Crippen molar-refractivity contribution in [2.24, 2.45) is 0 Å². The van der Waals surface area contributed by atoms with E-state index in [1.807, 2.05) is 24.3 Å². The fourth-order valence-corrected chi connectivity index (χ4v) is 3.11.